The van der Waals surface area contributed by atoms with Gasteiger partial charge in [-0.3, -0.25) is 0 Å². The zero-order valence-electron chi connectivity index (χ0n) is 17.6. The van der Waals surface area contributed by atoms with E-state index in [4.69, 9.17) is 23.7 Å². The molecule has 3 aliphatic heterocycles. The van der Waals surface area contributed by atoms with Gasteiger partial charge in [0.2, 0.25) is 0 Å². The third-order valence-corrected chi connectivity index (χ3v) is 6.04. The van der Waals surface area contributed by atoms with E-state index in [1.807, 2.05) is 0 Å². The Morgan fingerprint density at radius 3 is 1.82 bits per heavy atom. The van der Waals surface area contributed by atoms with Crippen molar-refractivity contribution in [3.63, 3.8) is 0 Å². The predicted molar refractivity (Wildman–Crippen MR) is 99.8 cm³/mol. The fourth-order valence-electron chi connectivity index (χ4n) is 3.88. The Labute approximate surface area is 187 Å². The molecule has 0 unspecified atom stereocenters. The third-order valence-electron chi connectivity index (χ3n) is 6.04. The lowest BCUT2D eigenvalue weighted by atomic mass is 9.97. The molecule has 0 radical (unpaired) electrons. The van der Waals surface area contributed by atoms with Gasteiger partial charge in [0.05, 0.1) is 19.3 Å². The summed E-state index contributed by atoms with van der Waals surface area (Å²) in [7, 11) is 0. The molecule has 0 spiro atoms. The van der Waals surface area contributed by atoms with Gasteiger partial charge in [0.1, 0.15) is 67.1 Å². The van der Waals surface area contributed by atoms with Crippen molar-refractivity contribution < 1.29 is 74.7 Å². The van der Waals surface area contributed by atoms with E-state index >= 15 is 0 Å². The number of hydrogen-bond donors (Lipinski definition) is 10. The molecule has 0 saturated carbocycles. The molecule has 10 N–H and O–H groups in total. The van der Waals surface area contributed by atoms with Gasteiger partial charge in [-0.05, 0) is 6.92 Å². The van der Waals surface area contributed by atoms with Crippen LogP contribution >= 0.6 is 0 Å². The molecule has 3 rings (SSSR count). The number of rotatable bonds is 6. The first-order valence-corrected chi connectivity index (χ1v) is 10.4. The van der Waals surface area contributed by atoms with Crippen molar-refractivity contribution in [1.29, 1.82) is 0 Å². The third kappa shape index (κ3) is 5.48. The average Bonchev–Trinajstić information content (AvgIpc) is 2.79. The van der Waals surface area contributed by atoms with Gasteiger partial charge < -0.3 is 74.7 Å². The number of hydrogen-bond acceptors (Lipinski definition) is 15. The van der Waals surface area contributed by atoms with Crippen LogP contribution in [0.4, 0.5) is 0 Å². The smallest absolute Gasteiger partial charge is 0.187 e. The van der Waals surface area contributed by atoms with E-state index in [1.165, 1.54) is 6.92 Å². The topological polar surface area (TPSA) is 248 Å². The molecule has 0 amide bonds. The van der Waals surface area contributed by atoms with E-state index in [1.54, 1.807) is 0 Å². The van der Waals surface area contributed by atoms with E-state index in [0.717, 1.165) is 0 Å². The van der Waals surface area contributed by atoms with Gasteiger partial charge in [-0.25, -0.2) is 0 Å². The summed E-state index contributed by atoms with van der Waals surface area (Å²) in [5, 5.41) is 99.5. The minimum absolute atomic E-state index is 0.560. The van der Waals surface area contributed by atoms with Crippen LogP contribution in [0.15, 0.2) is 0 Å². The van der Waals surface area contributed by atoms with Gasteiger partial charge in [-0.2, -0.15) is 0 Å². The Kier molecular flexibility index (Phi) is 8.99. The van der Waals surface area contributed by atoms with Crippen LogP contribution in [0.2, 0.25) is 0 Å². The summed E-state index contributed by atoms with van der Waals surface area (Å²) in [6.07, 6.45) is -23.3. The minimum Gasteiger partial charge on any atom is -0.394 e. The molecule has 0 aromatic carbocycles. The Bertz CT molecular complexity index is 624. The molecule has 15 heteroatoms. The Hall–Kier alpha value is -0.600. The highest BCUT2D eigenvalue weighted by Crippen LogP contribution is 2.29. The maximum Gasteiger partial charge on any atom is 0.187 e. The minimum atomic E-state index is -1.86. The first kappa shape index (κ1) is 27.0. The van der Waals surface area contributed by atoms with Crippen molar-refractivity contribution in [2.75, 3.05) is 13.2 Å². The van der Waals surface area contributed by atoms with Crippen molar-refractivity contribution in [2.45, 2.75) is 99.0 Å². The standard InChI is InChI=1S/C18H32O15/c1-4-7(20)10(23)14(27)18(30-4)33-15-12(25)9(22)6(31-16(15)28)3-29-17-13(26)11(24)8(21)5(2-19)32-17/h4-28H,2-3H2,1H3/t4-,5+,6+,7-,8+,9+,10+,11-,12-,13+,14+,15+,16+,17+,18-/m0/s1. The molecule has 15 atom stereocenters. The summed E-state index contributed by atoms with van der Waals surface area (Å²) in [6, 6.07) is 0. The highest BCUT2D eigenvalue weighted by Gasteiger charge is 2.50. The Balaban J connectivity index is 1.58. The fourth-order valence-corrected chi connectivity index (χ4v) is 3.88. The van der Waals surface area contributed by atoms with E-state index < -0.39 is 105 Å². The van der Waals surface area contributed by atoms with Crippen molar-refractivity contribution in [2.24, 2.45) is 0 Å². The van der Waals surface area contributed by atoms with E-state index in [-0.39, 0.29) is 0 Å². The van der Waals surface area contributed by atoms with Gasteiger partial charge >= 0.3 is 0 Å². The summed E-state index contributed by atoms with van der Waals surface area (Å²) >= 11 is 0. The predicted octanol–water partition coefficient (Wildman–Crippen LogP) is -6.55. The van der Waals surface area contributed by atoms with E-state index in [0.29, 0.717) is 0 Å². The van der Waals surface area contributed by atoms with E-state index in [9.17, 15) is 51.1 Å². The van der Waals surface area contributed by atoms with Crippen LogP contribution in [-0.4, -0.2) is 156 Å². The van der Waals surface area contributed by atoms with Gasteiger partial charge in [0, 0.05) is 0 Å². The Morgan fingerprint density at radius 2 is 1.18 bits per heavy atom. The second-order valence-electron chi connectivity index (χ2n) is 8.36. The van der Waals surface area contributed by atoms with Crippen molar-refractivity contribution in [3.8, 4) is 0 Å². The van der Waals surface area contributed by atoms with Crippen LogP contribution in [0.3, 0.4) is 0 Å². The van der Waals surface area contributed by atoms with Gasteiger partial charge in [-0.1, -0.05) is 0 Å². The monoisotopic (exact) mass is 488 g/mol. The molecule has 0 aliphatic carbocycles. The zero-order valence-corrected chi connectivity index (χ0v) is 17.6. The first-order valence-electron chi connectivity index (χ1n) is 10.4. The summed E-state index contributed by atoms with van der Waals surface area (Å²) in [4.78, 5) is 0. The molecule has 15 nitrogen and oxygen atoms in total. The molecule has 0 aromatic rings. The van der Waals surface area contributed by atoms with Crippen LogP contribution in [0.1, 0.15) is 6.92 Å². The largest absolute Gasteiger partial charge is 0.394 e. The van der Waals surface area contributed by atoms with Crippen molar-refractivity contribution in [1.82, 2.24) is 0 Å². The lowest BCUT2D eigenvalue weighted by molar-refractivity contribution is -0.364. The fraction of sp³-hybridized carbons (Fsp3) is 1.00. The summed E-state index contributed by atoms with van der Waals surface area (Å²) in [6.45, 7) is 0.167. The highest BCUT2D eigenvalue weighted by molar-refractivity contribution is 4.93. The van der Waals surface area contributed by atoms with Gasteiger partial charge in [0.25, 0.3) is 0 Å². The molecular formula is C18H32O15. The molecule has 0 bridgehead atoms. The SMILES string of the molecule is C[C@@H]1O[C@@H](O[C@@H]2[C@@H](O)[C@H](O)[C@@H](CO[C@@H]3O[C@H](CO)[C@@H](O)[C@H](O)[C@H]3O)O[C@H]2O)[C@H](O)[C@H](O)[C@H]1O. The molecule has 33 heavy (non-hydrogen) atoms. The summed E-state index contributed by atoms with van der Waals surface area (Å²) in [5.74, 6) is 0. The Morgan fingerprint density at radius 1 is 0.606 bits per heavy atom. The van der Waals surface area contributed by atoms with Gasteiger partial charge in [0.15, 0.2) is 18.9 Å². The normalized spacial score (nSPS) is 53.7. The molecule has 194 valence electrons. The van der Waals surface area contributed by atoms with Crippen molar-refractivity contribution >= 4 is 0 Å². The van der Waals surface area contributed by atoms with Crippen molar-refractivity contribution in [3.05, 3.63) is 0 Å². The van der Waals surface area contributed by atoms with E-state index in [2.05, 4.69) is 0 Å². The number of ether oxygens (including phenoxy) is 5. The molecular weight excluding hydrogens is 456 g/mol. The second-order valence-corrected chi connectivity index (χ2v) is 8.36. The zero-order chi connectivity index (χ0) is 24.6. The van der Waals surface area contributed by atoms with Crippen LogP contribution < -0.4 is 0 Å². The first-order chi connectivity index (χ1) is 15.5. The molecule has 0 aromatic heterocycles. The van der Waals surface area contributed by atoms with Crippen LogP contribution in [-0.2, 0) is 23.7 Å². The molecule has 3 aliphatic rings. The molecule has 3 heterocycles. The second kappa shape index (κ2) is 11.0. The van der Waals surface area contributed by atoms with Crippen LogP contribution in [0.5, 0.6) is 0 Å². The molecule has 3 saturated heterocycles. The number of aliphatic hydroxyl groups is 10. The van der Waals surface area contributed by atoms with Crippen LogP contribution in [0.25, 0.3) is 0 Å². The molecule has 3 fully saturated rings. The lowest BCUT2D eigenvalue weighted by Gasteiger charge is -2.45. The highest BCUT2D eigenvalue weighted by atomic mass is 16.7. The maximum absolute atomic E-state index is 10.4. The summed E-state index contributed by atoms with van der Waals surface area (Å²) in [5.41, 5.74) is 0. The lowest BCUT2D eigenvalue weighted by Crippen LogP contribution is -2.64. The summed E-state index contributed by atoms with van der Waals surface area (Å²) < 4.78 is 26.2. The van der Waals surface area contributed by atoms with Gasteiger partial charge in [-0.15, -0.1) is 0 Å². The quantitative estimate of drug-likeness (QED) is 0.167. The number of aliphatic hydroxyl groups excluding tert-OH is 10. The average molecular weight is 488 g/mol. The van der Waals surface area contributed by atoms with Crippen LogP contribution in [0, 0.1) is 0 Å². The maximum atomic E-state index is 10.4.